The fourth-order valence-corrected chi connectivity index (χ4v) is 4.53. The molecular formula is C27H34N2O4. The maximum atomic E-state index is 12.7. The first-order chi connectivity index (χ1) is 16.1. The van der Waals surface area contributed by atoms with Crippen LogP contribution in [-0.4, -0.2) is 55.5 Å². The van der Waals surface area contributed by atoms with Gasteiger partial charge in [-0.05, 0) is 63.4 Å². The standard InChI is InChI=1S/C27H34N2O4/c1-20-7-10-22(11-8-20)24(30)5-4-6-27(31)28-23(19-29-13-2-3-14-29)17-21-9-12-25-26(18-21)33-16-15-32-25/h7-12,18,23H,2-6,13-17,19H2,1H3,(H,28,31)/t23-/m0/s1. The first kappa shape index (κ1) is 23.3. The number of nitrogens with zero attached hydrogens (tertiary/aromatic N) is 1. The SMILES string of the molecule is Cc1ccc(C(=O)CCCC(=O)N[C@@H](Cc2ccc3c(c2)OCCO3)CN2CCCC2)cc1. The Labute approximate surface area is 196 Å². The molecule has 0 radical (unpaired) electrons. The molecule has 176 valence electrons. The number of carbonyl (C=O) groups is 2. The van der Waals surface area contributed by atoms with E-state index in [0.29, 0.717) is 38.0 Å². The van der Waals surface area contributed by atoms with Crippen LogP contribution in [-0.2, 0) is 11.2 Å². The number of likely N-dealkylation sites (tertiary alicyclic amines) is 1. The highest BCUT2D eigenvalue weighted by molar-refractivity contribution is 5.96. The summed E-state index contributed by atoms with van der Waals surface area (Å²) < 4.78 is 11.4. The molecule has 1 fully saturated rings. The lowest BCUT2D eigenvalue weighted by molar-refractivity contribution is -0.122. The Balaban J connectivity index is 1.31. The van der Waals surface area contributed by atoms with Crippen LogP contribution in [0.2, 0.25) is 0 Å². The minimum atomic E-state index is 0.00782. The van der Waals surface area contributed by atoms with Gasteiger partial charge in [0.2, 0.25) is 5.91 Å². The van der Waals surface area contributed by atoms with Crippen LogP contribution in [0.1, 0.15) is 53.6 Å². The molecule has 0 spiro atoms. The van der Waals surface area contributed by atoms with Gasteiger partial charge in [0, 0.05) is 31.0 Å². The zero-order valence-electron chi connectivity index (χ0n) is 19.5. The highest BCUT2D eigenvalue weighted by atomic mass is 16.6. The molecule has 0 aromatic heterocycles. The van der Waals surface area contributed by atoms with Crippen molar-refractivity contribution < 1.29 is 19.1 Å². The predicted octanol–water partition coefficient (Wildman–Crippen LogP) is 3.94. The van der Waals surface area contributed by atoms with E-state index in [1.165, 1.54) is 12.8 Å². The van der Waals surface area contributed by atoms with Crippen LogP contribution in [0.25, 0.3) is 0 Å². The number of nitrogens with one attached hydrogen (secondary N) is 1. The second kappa shape index (κ2) is 11.3. The summed E-state index contributed by atoms with van der Waals surface area (Å²) in [6.07, 6.45) is 4.46. The molecule has 1 N–H and O–H groups in total. The van der Waals surface area contributed by atoms with Gasteiger partial charge in [-0.2, -0.15) is 0 Å². The van der Waals surface area contributed by atoms with Crippen LogP contribution in [0, 0.1) is 6.92 Å². The molecule has 2 aromatic carbocycles. The Kier molecular flexibility index (Phi) is 8.00. The van der Waals surface area contributed by atoms with E-state index in [9.17, 15) is 9.59 Å². The van der Waals surface area contributed by atoms with Crippen molar-refractivity contribution in [3.63, 3.8) is 0 Å². The smallest absolute Gasteiger partial charge is 0.220 e. The zero-order valence-corrected chi connectivity index (χ0v) is 19.5. The maximum absolute atomic E-state index is 12.7. The van der Waals surface area contributed by atoms with Crippen molar-refractivity contribution in [2.45, 2.75) is 51.5 Å². The van der Waals surface area contributed by atoms with Crippen molar-refractivity contribution in [1.82, 2.24) is 10.2 Å². The molecule has 1 atom stereocenters. The number of Topliss-reactive ketones (excluding diaryl/α,β-unsaturated/α-hetero) is 1. The van der Waals surface area contributed by atoms with Gasteiger partial charge in [-0.1, -0.05) is 35.9 Å². The van der Waals surface area contributed by atoms with Gasteiger partial charge >= 0.3 is 0 Å². The summed E-state index contributed by atoms with van der Waals surface area (Å²) in [6, 6.07) is 13.7. The molecule has 2 aromatic rings. The van der Waals surface area contributed by atoms with Gasteiger partial charge in [-0.15, -0.1) is 0 Å². The number of carbonyl (C=O) groups excluding carboxylic acids is 2. The van der Waals surface area contributed by atoms with Crippen LogP contribution >= 0.6 is 0 Å². The molecule has 2 aliphatic rings. The number of hydrogen-bond acceptors (Lipinski definition) is 5. The largest absolute Gasteiger partial charge is 0.486 e. The lowest BCUT2D eigenvalue weighted by atomic mass is 10.0. The summed E-state index contributed by atoms with van der Waals surface area (Å²) >= 11 is 0. The molecule has 2 heterocycles. The lowest BCUT2D eigenvalue weighted by Crippen LogP contribution is -2.44. The van der Waals surface area contributed by atoms with Crippen molar-refractivity contribution >= 4 is 11.7 Å². The quantitative estimate of drug-likeness (QED) is 0.556. The molecule has 0 aliphatic carbocycles. The highest BCUT2D eigenvalue weighted by Crippen LogP contribution is 2.31. The summed E-state index contributed by atoms with van der Waals surface area (Å²) in [7, 11) is 0. The van der Waals surface area contributed by atoms with Crippen LogP contribution in [0.15, 0.2) is 42.5 Å². The molecular weight excluding hydrogens is 416 g/mol. The molecule has 1 amide bonds. The third-order valence-electron chi connectivity index (χ3n) is 6.31. The van der Waals surface area contributed by atoms with Crippen LogP contribution in [0.3, 0.4) is 0 Å². The number of hydrogen-bond donors (Lipinski definition) is 1. The first-order valence-corrected chi connectivity index (χ1v) is 12.1. The molecule has 0 bridgehead atoms. The van der Waals surface area contributed by atoms with Crippen molar-refractivity contribution in [2.75, 3.05) is 32.8 Å². The third kappa shape index (κ3) is 6.81. The Morgan fingerprint density at radius 2 is 1.70 bits per heavy atom. The number of fused-ring (bicyclic) bond motifs is 1. The summed E-state index contributed by atoms with van der Waals surface area (Å²) in [4.78, 5) is 27.5. The van der Waals surface area contributed by atoms with Crippen molar-refractivity contribution in [1.29, 1.82) is 0 Å². The third-order valence-corrected chi connectivity index (χ3v) is 6.31. The highest BCUT2D eigenvalue weighted by Gasteiger charge is 2.21. The van der Waals surface area contributed by atoms with E-state index in [0.717, 1.165) is 48.7 Å². The Bertz CT molecular complexity index is 951. The fraction of sp³-hybridized carbons (Fsp3) is 0.481. The van der Waals surface area contributed by atoms with Crippen LogP contribution in [0.5, 0.6) is 11.5 Å². The van der Waals surface area contributed by atoms with Gasteiger partial charge in [-0.25, -0.2) is 0 Å². The summed E-state index contributed by atoms with van der Waals surface area (Å²) in [5.74, 6) is 1.66. The van der Waals surface area contributed by atoms with Gasteiger partial charge in [0.25, 0.3) is 0 Å². The monoisotopic (exact) mass is 450 g/mol. The number of rotatable bonds is 10. The van der Waals surface area contributed by atoms with Gasteiger partial charge in [0.05, 0.1) is 0 Å². The van der Waals surface area contributed by atoms with E-state index in [2.05, 4.69) is 16.3 Å². The van der Waals surface area contributed by atoms with Gasteiger partial charge in [0.15, 0.2) is 17.3 Å². The fourth-order valence-electron chi connectivity index (χ4n) is 4.53. The Hall–Kier alpha value is -2.86. The van der Waals surface area contributed by atoms with E-state index >= 15 is 0 Å². The minimum Gasteiger partial charge on any atom is -0.486 e. The lowest BCUT2D eigenvalue weighted by Gasteiger charge is -2.25. The summed E-state index contributed by atoms with van der Waals surface area (Å²) in [5.41, 5.74) is 2.97. The van der Waals surface area contributed by atoms with Crippen molar-refractivity contribution in [3.8, 4) is 11.5 Å². The molecule has 4 rings (SSSR count). The van der Waals surface area contributed by atoms with E-state index in [1.807, 2.05) is 43.3 Å². The molecule has 0 saturated carbocycles. The Morgan fingerprint density at radius 3 is 2.45 bits per heavy atom. The first-order valence-electron chi connectivity index (χ1n) is 12.1. The Morgan fingerprint density at radius 1 is 0.970 bits per heavy atom. The second-order valence-electron chi connectivity index (χ2n) is 9.10. The number of ketones is 1. The number of aryl methyl sites for hydroxylation is 1. The van der Waals surface area contributed by atoms with Crippen molar-refractivity contribution in [2.24, 2.45) is 0 Å². The topological polar surface area (TPSA) is 67.9 Å². The minimum absolute atomic E-state index is 0.00782. The summed E-state index contributed by atoms with van der Waals surface area (Å²) in [6.45, 7) is 6.14. The number of benzene rings is 2. The maximum Gasteiger partial charge on any atom is 0.220 e. The van der Waals surface area contributed by atoms with E-state index in [1.54, 1.807) is 0 Å². The molecule has 0 unspecified atom stereocenters. The van der Waals surface area contributed by atoms with E-state index in [4.69, 9.17) is 9.47 Å². The summed E-state index contributed by atoms with van der Waals surface area (Å²) in [5, 5.41) is 3.23. The van der Waals surface area contributed by atoms with Gasteiger partial charge in [0.1, 0.15) is 13.2 Å². The molecule has 6 heteroatoms. The van der Waals surface area contributed by atoms with Crippen LogP contribution < -0.4 is 14.8 Å². The van der Waals surface area contributed by atoms with Crippen molar-refractivity contribution in [3.05, 3.63) is 59.2 Å². The van der Waals surface area contributed by atoms with Crippen LogP contribution in [0.4, 0.5) is 0 Å². The zero-order chi connectivity index (χ0) is 23.0. The second-order valence-corrected chi connectivity index (χ2v) is 9.10. The van der Waals surface area contributed by atoms with Gasteiger partial charge < -0.3 is 19.7 Å². The molecule has 6 nitrogen and oxygen atoms in total. The van der Waals surface area contributed by atoms with Gasteiger partial charge in [-0.3, -0.25) is 9.59 Å². The normalized spacial score (nSPS) is 16.4. The average molecular weight is 451 g/mol. The van der Waals surface area contributed by atoms with E-state index in [-0.39, 0.29) is 17.7 Å². The average Bonchev–Trinajstić information content (AvgIpc) is 3.32. The number of ether oxygens (including phenoxy) is 2. The number of amides is 1. The molecule has 33 heavy (non-hydrogen) atoms. The van der Waals surface area contributed by atoms with E-state index < -0.39 is 0 Å². The molecule has 1 saturated heterocycles. The predicted molar refractivity (Wildman–Crippen MR) is 128 cm³/mol. The molecule has 2 aliphatic heterocycles.